The van der Waals surface area contributed by atoms with E-state index in [1.54, 1.807) is 9.80 Å². The third-order valence-electron chi connectivity index (χ3n) is 5.56. The Bertz CT molecular complexity index is 708. The Morgan fingerprint density at radius 2 is 1.61 bits per heavy atom. The van der Waals surface area contributed by atoms with Crippen molar-refractivity contribution in [2.75, 3.05) is 69.6 Å². The average molecular weight is 390 g/mol. The van der Waals surface area contributed by atoms with E-state index in [0.29, 0.717) is 26.2 Å². The van der Waals surface area contributed by atoms with Crippen LogP contribution in [-0.2, 0) is 4.79 Å². The van der Waals surface area contributed by atoms with E-state index in [1.165, 1.54) is 12.6 Å². The maximum atomic E-state index is 12.6. The van der Waals surface area contributed by atoms with Crippen LogP contribution in [0.15, 0.2) is 18.2 Å². The Morgan fingerprint density at radius 1 is 1.00 bits per heavy atom. The molecule has 28 heavy (non-hydrogen) atoms. The molecule has 0 aromatic heterocycles. The number of aryl methyl sites for hydroxylation is 1. The summed E-state index contributed by atoms with van der Waals surface area (Å²) >= 11 is 0. The second kappa shape index (κ2) is 8.79. The summed E-state index contributed by atoms with van der Waals surface area (Å²) < 4.78 is 0. The third kappa shape index (κ3) is 4.74. The van der Waals surface area contributed by atoms with Crippen LogP contribution in [0.1, 0.15) is 12.5 Å². The third-order valence-corrected chi connectivity index (χ3v) is 5.56. The Labute approximate surface area is 166 Å². The molecule has 3 amide bonds. The van der Waals surface area contributed by atoms with Gasteiger partial charge in [-0.15, -0.1) is 0 Å². The molecule has 0 aliphatic carbocycles. The molecular formula is C20H31N5O3. The lowest BCUT2D eigenvalue weighted by atomic mass is 10.1. The zero-order valence-electron chi connectivity index (χ0n) is 17.0. The van der Waals surface area contributed by atoms with Gasteiger partial charge in [-0.3, -0.25) is 4.79 Å². The average Bonchev–Trinajstić information content (AvgIpc) is 2.69. The van der Waals surface area contributed by atoms with E-state index in [-0.39, 0.29) is 11.9 Å². The molecule has 0 saturated carbocycles. The maximum absolute atomic E-state index is 12.6. The van der Waals surface area contributed by atoms with Crippen molar-refractivity contribution in [3.05, 3.63) is 23.8 Å². The molecule has 154 valence electrons. The predicted molar refractivity (Wildman–Crippen MR) is 110 cm³/mol. The number of carbonyl (C=O) groups excluding carboxylic acids is 2. The molecule has 8 nitrogen and oxygen atoms in total. The van der Waals surface area contributed by atoms with Crippen LogP contribution < -0.4 is 10.2 Å². The number of urea groups is 1. The van der Waals surface area contributed by atoms with Crippen LogP contribution in [0, 0.1) is 6.92 Å². The van der Waals surface area contributed by atoms with Crippen molar-refractivity contribution < 1.29 is 14.7 Å². The summed E-state index contributed by atoms with van der Waals surface area (Å²) in [6.45, 7) is 9.42. The summed E-state index contributed by atoms with van der Waals surface area (Å²) in [5.74, 6) is -0.282. The van der Waals surface area contributed by atoms with Crippen molar-refractivity contribution in [3.63, 3.8) is 0 Å². The highest BCUT2D eigenvalue weighted by Gasteiger charge is 2.26. The number of carbonyl (C=O) groups is 2. The molecule has 1 aromatic carbocycles. The molecule has 2 N–H and O–H groups in total. The van der Waals surface area contributed by atoms with E-state index in [2.05, 4.69) is 34.3 Å². The maximum Gasteiger partial charge on any atom is 0.321 e. The minimum absolute atomic E-state index is 0.153. The van der Waals surface area contributed by atoms with Crippen molar-refractivity contribution >= 4 is 23.3 Å². The minimum Gasteiger partial charge on any atom is -0.384 e. The van der Waals surface area contributed by atoms with E-state index >= 15 is 0 Å². The number of benzene rings is 1. The van der Waals surface area contributed by atoms with Gasteiger partial charge in [0.05, 0.1) is 0 Å². The molecule has 3 rings (SSSR count). The van der Waals surface area contributed by atoms with Crippen molar-refractivity contribution in [2.24, 2.45) is 0 Å². The molecule has 2 aliphatic heterocycles. The topological polar surface area (TPSA) is 79.4 Å². The zero-order valence-corrected chi connectivity index (χ0v) is 17.0. The SMILES string of the molecule is Cc1cc(N2CCN(C)CC2)ccc1NC(=O)N1CCN(C(=O)C(C)O)CC1. The standard InChI is InChI=1S/C20H31N5O3/c1-15-14-17(23-8-6-22(3)7-9-23)4-5-18(15)21-20(28)25-12-10-24(11-13-25)19(27)16(2)26/h4-5,14,16,26H,6-13H2,1-3H3,(H,21,28). The number of nitrogens with zero attached hydrogens (tertiary/aromatic N) is 4. The van der Waals surface area contributed by atoms with Crippen LogP contribution in [0.2, 0.25) is 0 Å². The first-order chi connectivity index (χ1) is 13.3. The summed E-state index contributed by atoms with van der Waals surface area (Å²) in [5, 5.41) is 12.4. The lowest BCUT2D eigenvalue weighted by Gasteiger charge is -2.35. The van der Waals surface area contributed by atoms with Gasteiger partial charge in [0.1, 0.15) is 6.10 Å². The van der Waals surface area contributed by atoms with E-state index in [1.807, 2.05) is 13.0 Å². The predicted octanol–water partition coefficient (Wildman–Crippen LogP) is 0.804. The highest BCUT2D eigenvalue weighted by Crippen LogP contribution is 2.24. The second-order valence-electron chi connectivity index (χ2n) is 7.71. The van der Waals surface area contributed by atoms with Gasteiger partial charge in [0, 0.05) is 63.7 Å². The van der Waals surface area contributed by atoms with E-state index in [0.717, 1.165) is 37.4 Å². The van der Waals surface area contributed by atoms with Gasteiger partial charge in [-0.2, -0.15) is 0 Å². The van der Waals surface area contributed by atoms with Crippen molar-refractivity contribution in [3.8, 4) is 0 Å². The smallest absolute Gasteiger partial charge is 0.321 e. The van der Waals surface area contributed by atoms with Gasteiger partial charge in [0.25, 0.3) is 5.91 Å². The van der Waals surface area contributed by atoms with Gasteiger partial charge in [0.2, 0.25) is 0 Å². The molecule has 2 saturated heterocycles. The largest absolute Gasteiger partial charge is 0.384 e. The van der Waals surface area contributed by atoms with Crippen LogP contribution in [0.4, 0.5) is 16.2 Å². The first kappa shape index (κ1) is 20.4. The van der Waals surface area contributed by atoms with Gasteiger partial charge in [-0.1, -0.05) is 0 Å². The fourth-order valence-electron chi connectivity index (χ4n) is 3.64. The number of piperazine rings is 2. The van der Waals surface area contributed by atoms with Gasteiger partial charge in [-0.05, 0) is 44.7 Å². The number of likely N-dealkylation sites (N-methyl/N-ethyl adjacent to an activating group) is 1. The minimum atomic E-state index is -0.998. The first-order valence-electron chi connectivity index (χ1n) is 9.92. The lowest BCUT2D eigenvalue weighted by Crippen LogP contribution is -2.53. The molecular weight excluding hydrogens is 358 g/mol. The van der Waals surface area contributed by atoms with Crippen molar-refractivity contribution in [1.29, 1.82) is 0 Å². The van der Waals surface area contributed by atoms with Crippen LogP contribution in [-0.4, -0.2) is 97.3 Å². The number of nitrogens with one attached hydrogen (secondary N) is 1. The molecule has 0 bridgehead atoms. The number of amides is 3. The van der Waals surface area contributed by atoms with Gasteiger partial charge in [-0.25, -0.2) is 4.79 Å². The number of hydrogen-bond donors (Lipinski definition) is 2. The second-order valence-corrected chi connectivity index (χ2v) is 7.71. The summed E-state index contributed by atoms with van der Waals surface area (Å²) in [6.07, 6.45) is -0.998. The number of aliphatic hydroxyl groups is 1. The van der Waals surface area contributed by atoms with Gasteiger partial charge >= 0.3 is 6.03 Å². The number of anilines is 2. The summed E-state index contributed by atoms with van der Waals surface area (Å²) in [6, 6.07) is 6.00. The molecule has 8 heteroatoms. The van der Waals surface area contributed by atoms with Crippen molar-refractivity contribution in [1.82, 2.24) is 14.7 Å². The van der Waals surface area contributed by atoms with Crippen LogP contribution >= 0.6 is 0 Å². The summed E-state index contributed by atoms with van der Waals surface area (Å²) in [5.41, 5.74) is 3.03. The normalized spacial score (nSPS) is 19.5. The molecule has 1 unspecified atom stereocenters. The first-order valence-corrected chi connectivity index (χ1v) is 9.92. The molecule has 2 fully saturated rings. The quantitative estimate of drug-likeness (QED) is 0.800. The van der Waals surface area contributed by atoms with Gasteiger partial charge in [0.15, 0.2) is 0 Å². The highest BCUT2D eigenvalue weighted by molar-refractivity contribution is 5.90. The Balaban J connectivity index is 1.55. The molecule has 0 spiro atoms. The summed E-state index contributed by atoms with van der Waals surface area (Å²) in [7, 11) is 2.14. The Hall–Kier alpha value is -2.32. The number of aliphatic hydroxyl groups excluding tert-OH is 1. The van der Waals surface area contributed by atoms with E-state index in [9.17, 15) is 14.7 Å². The van der Waals surface area contributed by atoms with Crippen LogP contribution in [0.3, 0.4) is 0 Å². The number of hydrogen-bond acceptors (Lipinski definition) is 5. The van der Waals surface area contributed by atoms with Crippen LogP contribution in [0.5, 0.6) is 0 Å². The van der Waals surface area contributed by atoms with Crippen molar-refractivity contribution in [2.45, 2.75) is 20.0 Å². The van der Waals surface area contributed by atoms with Gasteiger partial charge < -0.3 is 30.0 Å². The van der Waals surface area contributed by atoms with E-state index < -0.39 is 6.10 Å². The molecule has 1 atom stereocenters. The Kier molecular flexibility index (Phi) is 6.41. The number of rotatable bonds is 3. The molecule has 0 radical (unpaired) electrons. The molecule has 1 aromatic rings. The fraction of sp³-hybridized carbons (Fsp3) is 0.600. The Morgan fingerprint density at radius 3 is 2.18 bits per heavy atom. The van der Waals surface area contributed by atoms with Crippen LogP contribution in [0.25, 0.3) is 0 Å². The highest BCUT2D eigenvalue weighted by atomic mass is 16.3. The summed E-state index contributed by atoms with van der Waals surface area (Å²) in [4.78, 5) is 32.4. The zero-order chi connectivity index (χ0) is 20.3. The molecule has 2 aliphatic rings. The monoisotopic (exact) mass is 389 g/mol. The fourth-order valence-corrected chi connectivity index (χ4v) is 3.64. The lowest BCUT2D eigenvalue weighted by molar-refractivity contribution is -0.140. The molecule has 2 heterocycles. The van der Waals surface area contributed by atoms with E-state index in [4.69, 9.17) is 0 Å².